The van der Waals surface area contributed by atoms with Gasteiger partial charge in [0, 0.05) is 89.5 Å². The highest BCUT2D eigenvalue weighted by atomic mass is 16.5. The number of piperidine rings is 3. The zero-order valence-corrected chi connectivity index (χ0v) is 42.6. The van der Waals surface area contributed by atoms with Crippen molar-refractivity contribution in [1.29, 1.82) is 5.26 Å². The van der Waals surface area contributed by atoms with Crippen LogP contribution in [0.25, 0.3) is 11.3 Å². The van der Waals surface area contributed by atoms with E-state index in [4.69, 9.17) is 25.0 Å². The fourth-order valence-electron chi connectivity index (χ4n) is 12.3. The Morgan fingerprint density at radius 3 is 2.37 bits per heavy atom. The topological polar surface area (TPSA) is 223 Å². The van der Waals surface area contributed by atoms with Gasteiger partial charge in [-0.25, -0.2) is 0 Å². The SMILES string of the molecule is CC(C)[C@@H](C(=O)N1C[C@H](O)C[C@H]1C(=O)N[C@@H](C)c1ccc(C#N)cc1)c1cc(N2CCC(CN3CCC(OC4CC(N5CCOC6(CCN(c7cc(-c8ccccc8O)nnc7N)CC6)C5)C4)CC3)CC2)no1. The third kappa shape index (κ3) is 11.3. The van der Waals surface area contributed by atoms with Crippen LogP contribution in [0.3, 0.4) is 0 Å². The summed E-state index contributed by atoms with van der Waals surface area (Å²) >= 11 is 0. The van der Waals surface area contributed by atoms with Gasteiger partial charge in [0.05, 0.1) is 59.6 Å². The van der Waals surface area contributed by atoms with Crippen LogP contribution in [0.2, 0.25) is 0 Å². The molecule has 2 aromatic heterocycles. The number of likely N-dealkylation sites (tertiary alicyclic amines) is 2. The molecule has 0 bridgehead atoms. The van der Waals surface area contributed by atoms with Crippen molar-refractivity contribution >= 4 is 29.1 Å². The van der Waals surface area contributed by atoms with Gasteiger partial charge in [-0.2, -0.15) is 5.26 Å². The number of morpholine rings is 1. The van der Waals surface area contributed by atoms with E-state index in [1.807, 2.05) is 57.2 Å². The number of aliphatic hydroxyl groups excluding tert-OH is 1. The number of nitrogens with two attached hydrogens (primary N) is 1. The number of aliphatic hydroxyl groups is 1. The van der Waals surface area contributed by atoms with Gasteiger partial charge in [-0.15, -0.1) is 10.2 Å². The molecule has 4 aromatic rings. The Morgan fingerprint density at radius 2 is 1.66 bits per heavy atom. The van der Waals surface area contributed by atoms with E-state index in [0.29, 0.717) is 52.6 Å². The standard InChI is InChI=1S/C55H73N11O7/c1-35(2)51(54(70)66-33-41(67)28-47(66)53(69)58-36(3)39-10-8-37(31-56)9-11-39)49-30-50(61-73-49)64-20-12-38(13-21-64)32-62-18-14-42(15-19-62)72-43-26-40(27-43)65-24-25-71-55(34-65)16-22-63(23-17-55)46-29-45(59-60-52(46)57)44-6-4-5-7-48(44)68/h4-11,29-30,35-36,38,40-43,47,51,67-68H,12-28,32-34H2,1-3H3,(H2,57,60)(H,58,69)/t36-,40?,41+,43?,47-,51+/m0/s1. The number of amides is 2. The van der Waals surface area contributed by atoms with Crippen LogP contribution >= 0.6 is 0 Å². The van der Waals surface area contributed by atoms with Gasteiger partial charge in [-0.05, 0) is 106 Å². The Bertz CT molecular complexity index is 2580. The van der Waals surface area contributed by atoms with Crippen molar-refractivity contribution in [2.45, 2.75) is 127 Å². The van der Waals surface area contributed by atoms with Gasteiger partial charge in [0.2, 0.25) is 11.8 Å². The Balaban J connectivity index is 0.636. The number of phenols is 1. The summed E-state index contributed by atoms with van der Waals surface area (Å²) < 4.78 is 19.2. The van der Waals surface area contributed by atoms with Gasteiger partial charge in [-0.3, -0.25) is 14.5 Å². The van der Waals surface area contributed by atoms with Crippen molar-refractivity contribution in [2.75, 3.05) is 87.6 Å². The largest absolute Gasteiger partial charge is 0.507 e. The minimum Gasteiger partial charge on any atom is -0.507 e. The summed E-state index contributed by atoms with van der Waals surface area (Å²) in [5, 5.41) is 46.2. The molecule has 5 saturated heterocycles. The number of ether oxygens (including phenoxy) is 2. The van der Waals surface area contributed by atoms with Gasteiger partial charge >= 0.3 is 0 Å². The van der Waals surface area contributed by atoms with Crippen LogP contribution in [-0.2, 0) is 19.1 Å². The maximum Gasteiger partial charge on any atom is 0.243 e. The molecule has 18 nitrogen and oxygen atoms in total. The molecular weight excluding hydrogens is 927 g/mol. The smallest absolute Gasteiger partial charge is 0.243 e. The number of nitrogens with zero attached hydrogens (tertiary/aromatic N) is 9. The summed E-state index contributed by atoms with van der Waals surface area (Å²) in [5.74, 6) is 0.996. The summed E-state index contributed by atoms with van der Waals surface area (Å²) in [6.45, 7) is 15.1. The van der Waals surface area contributed by atoms with Crippen molar-refractivity contribution in [2.24, 2.45) is 11.8 Å². The number of anilines is 3. The van der Waals surface area contributed by atoms with Gasteiger partial charge in [-0.1, -0.05) is 43.3 Å². The van der Waals surface area contributed by atoms with Crippen LogP contribution in [-0.4, -0.2) is 160 Å². The number of aromatic hydroxyl groups is 1. The fourth-order valence-corrected chi connectivity index (χ4v) is 12.3. The number of carbonyl (C=O) groups excluding carboxylic acids is 2. The highest BCUT2D eigenvalue weighted by Crippen LogP contribution is 2.40. The van der Waals surface area contributed by atoms with E-state index in [9.17, 15) is 19.8 Å². The molecule has 6 fully saturated rings. The quantitative estimate of drug-likeness (QED) is 0.123. The summed E-state index contributed by atoms with van der Waals surface area (Å²) in [6, 6.07) is 19.5. The first-order chi connectivity index (χ1) is 35.3. The fraction of sp³-hybridized carbons (Fsp3) is 0.600. The van der Waals surface area contributed by atoms with Crippen molar-refractivity contribution < 1.29 is 33.8 Å². The van der Waals surface area contributed by atoms with Crippen molar-refractivity contribution in [3.05, 3.63) is 77.6 Å². The molecule has 7 heterocycles. The summed E-state index contributed by atoms with van der Waals surface area (Å²) in [6.07, 6.45) is 8.22. The number of para-hydroxylation sites is 1. The molecule has 390 valence electrons. The molecule has 18 heteroatoms. The Morgan fingerprint density at radius 1 is 0.918 bits per heavy atom. The third-order valence-electron chi connectivity index (χ3n) is 16.8. The second-order valence-electron chi connectivity index (χ2n) is 22.0. The van der Waals surface area contributed by atoms with Crippen LogP contribution < -0.4 is 20.9 Å². The molecule has 4 atom stereocenters. The Kier molecular flexibility index (Phi) is 15.2. The molecule has 1 aliphatic carbocycles. The van der Waals surface area contributed by atoms with E-state index in [0.717, 1.165) is 134 Å². The highest BCUT2D eigenvalue weighted by molar-refractivity contribution is 5.91. The maximum absolute atomic E-state index is 14.3. The molecule has 1 spiro atoms. The number of benzene rings is 2. The lowest BCUT2D eigenvalue weighted by Crippen LogP contribution is -2.61. The normalized spacial score (nSPS) is 25.1. The van der Waals surface area contributed by atoms with Crippen LogP contribution in [0.1, 0.15) is 107 Å². The Labute approximate surface area is 428 Å². The minimum atomic E-state index is -0.819. The van der Waals surface area contributed by atoms with Gasteiger partial charge < -0.3 is 54.9 Å². The predicted octanol–water partition coefficient (Wildman–Crippen LogP) is 5.47. The lowest BCUT2D eigenvalue weighted by molar-refractivity contribution is -0.159. The van der Waals surface area contributed by atoms with E-state index in [1.54, 1.807) is 24.3 Å². The second kappa shape index (κ2) is 21.9. The van der Waals surface area contributed by atoms with Crippen LogP contribution in [0.15, 0.2) is 65.2 Å². The van der Waals surface area contributed by atoms with E-state index in [2.05, 4.69) is 46.3 Å². The molecule has 10 rings (SSSR count). The highest BCUT2D eigenvalue weighted by Gasteiger charge is 2.46. The number of β-amino-alcohol motifs (C(OH)–C–C–N with tert-alkyl or cyclic N) is 1. The predicted molar refractivity (Wildman–Crippen MR) is 275 cm³/mol. The first kappa shape index (κ1) is 50.7. The number of phenolic OH excluding ortho intramolecular Hbond substituents is 1. The summed E-state index contributed by atoms with van der Waals surface area (Å²) in [7, 11) is 0. The Hall–Kier alpha value is -5.84. The molecule has 0 radical (unpaired) electrons. The van der Waals surface area contributed by atoms with Gasteiger partial charge in [0.15, 0.2) is 17.4 Å². The van der Waals surface area contributed by atoms with E-state index >= 15 is 0 Å². The molecule has 73 heavy (non-hydrogen) atoms. The number of aromatic nitrogens is 3. The lowest BCUT2D eigenvalue weighted by atomic mass is 9.83. The number of hydrogen-bond donors (Lipinski definition) is 4. The number of carbonyl (C=O) groups is 2. The first-order valence-electron chi connectivity index (χ1n) is 26.7. The molecule has 5 aliphatic heterocycles. The molecule has 5 N–H and O–H groups in total. The maximum atomic E-state index is 14.3. The number of rotatable bonds is 14. The zero-order valence-electron chi connectivity index (χ0n) is 42.6. The minimum absolute atomic E-state index is 0.0695. The van der Waals surface area contributed by atoms with Crippen LogP contribution in [0.5, 0.6) is 5.75 Å². The summed E-state index contributed by atoms with van der Waals surface area (Å²) in [4.78, 5) is 39.2. The molecule has 0 unspecified atom stereocenters. The average Bonchev–Trinajstić information content (AvgIpc) is 4.03. The van der Waals surface area contributed by atoms with Gasteiger partial charge in [0.1, 0.15) is 17.7 Å². The lowest BCUT2D eigenvalue weighted by Gasteiger charge is -2.52. The summed E-state index contributed by atoms with van der Waals surface area (Å²) in [5.41, 5.74) is 9.65. The molecule has 2 aromatic carbocycles. The van der Waals surface area contributed by atoms with Crippen LogP contribution in [0.4, 0.5) is 17.3 Å². The third-order valence-corrected chi connectivity index (χ3v) is 16.8. The zero-order chi connectivity index (χ0) is 50.8. The average molecular weight is 1000 g/mol. The van der Waals surface area contributed by atoms with Crippen molar-refractivity contribution in [3.8, 4) is 23.1 Å². The van der Waals surface area contributed by atoms with Crippen molar-refractivity contribution in [1.82, 2.24) is 35.4 Å². The second-order valence-corrected chi connectivity index (χ2v) is 22.0. The van der Waals surface area contributed by atoms with E-state index < -0.39 is 18.1 Å². The molecule has 1 saturated carbocycles. The van der Waals surface area contributed by atoms with Crippen LogP contribution in [0, 0.1) is 23.2 Å². The van der Waals surface area contributed by atoms with Gasteiger partial charge in [0.25, 0.3) is 0 Å². The van der Waals surface area contributed by atoms with E-state index in [-0.39, 0.29) is 48.1 Å². The molecule has 6 aliphatic rings. The first-order valence-corrected chi connectivity index (χ1v) is 26.7. The molecule has 2 amide bonds. The molecular formula is C55H73N11O7. The van der Waals surface area contributed by atoms with Crippen molar-refractivity contribution in [3.63, 3.8) is 0 Å². The monoisotopic (exact) mass is 1000 g/mol. The van der Waals surface area contributed by atoms with E-state index in [1.165, 1.54) is 4.90 Å². The number of nitrogen functional groups attached to an aromatic ring is 1. The number of nitriles is 1. The number of hydrogen-bond acceptors (Lipinski definition) is 16. The number of nitrogens with one attached hydrogen (secondary N) is 1.